The molecule has 3 heteroatoms. The predicted octanol–water partition coefficient (Wildman–Crippen LogP) is 3.10. The van der Waals surface area contributed by atoms with Crippen molar-refractivity contribution in [2.24, 2.45) is 11.8 Å². The standard InChI is InChI=1S/C12H22BrNO/c1-3-9(2)6-12(15)14-8-10-4-5-11(13)7-10/h9-11H,3-8H2,1-2H3,(H,14,15). The highest BCUT2D eigenvalue weighted by Crippen LogP contribution is 2.29. The highest BCUT2D eigenvalue weighted by atomic mass is 79.9. The van der Waals surface area contributed by atoms with Crippen LogP contribution in [0.4, 0.5) is 0 Å². The Kier molecular flexibility index (Phi) is 5.65. The molecular weight excluding hydrogens is 254 g/mol. The van der Waals surface area contributed by atoms with Gasteiger partial charge in [-0.1, -0.05) is 36.2 Å². The van der Waals surface area contributed by atoms with E-state index in [9.17, 15) is 4.79 Å². The van der Waals surface area contributed by atoms with Crippen LogP contribution in [-0.4, -0.2) is 17.3 Å². The zero-order chi connectivity index (χ0) is 11.3. The molecule has 15 heavy (non-hydrogen) atoms. The Hall–Kier alpha value is -0.0500. The molecule has 1 rings (SSSR count). The summed E-state index contributed by atoms with van der Waals surface area (Å²) >= 11 is 3.62. The number of halogens is 1. The number of nitrogens with one attached hydrogen (secondary N) is 1. The summed E-state index contributed by atoms with van der Waals surface area (Å²) in [4.78, 5) is 12.2. The van der Waals surface area contributed by atoms with E-state index in [0.29, 0.717) is 23.1 Å². The Labute approximate surface area is 101 Å². The van der Waals surface area contributed by atoms with E-state index in [-0.39, 0.29) is 5.91 Å². The van der Waals surface area contributed by atoms with Gasteiger partial charge in [0, 0.05) is 17.8 Å². The minimum atomic E-state index is 0.224. The Morgan fingerprint density at radius 3 is 2.80 bits per heavy atom. The number of hydrogen-bond donors (Lipinski definition) is 1. The minimum absolute atomic E-state index is 0.224. The second-order valence-corrected chi connectivity index (χ2v) is 6.09. The number of hydrogen-bond acceptors (Lipinski definition) is 1. The summed E-state index contributed by atoms with van der Waals surface area (Å²) in [5.41, 5.74) is 0. The van der Waals surface area contributed by atoms with Gasteiger partial charge in [0.15, 0.2) is 0 Å². The SMILES string of the molecule is CCC(C)CC(=O)NCC1CCC(Br)C1. The third kappa shape index (κ3) is 5.01. The summed E-state index contributed by atoms with van der Waals surface area (Å²) < 4.78 is 0. The normalized spacial score (nSPS) is 27.7. The van der Waals surface area contributed by atoms with E-state index in [2.05, 4.69) is 35.1 Å². The van der Waals surface area contributed by atoms with E-state index >= 15 is 0 Å². The first kappa shape index (κ1) is 13.0. The summed E-state index contributed by atoms with van der Waals surface area (Å²) in [6.07, 6.45) is 5.48. The van der Waals surface area contributed by atoms with Gasteiger partial charge in [0.1, 0.15) is 0 Å². The van der Waals surface area contributed by atoms with E-state index in [4.69, 9.17) is 0 Å². The molecule has 0 bridgehead atoms. The molecule has 1 amide bonds. The largest absolute Gasteiger partial charge is 0.356 e. The molecule has 2 nitrogen and oxygen atoms in total. The fourth-order valence-corrected chi connectivity index (χ4v) is 2.78. The number of carbonyl (C=O) groups is 1. The number of alkyl halides is 1. The van der Waals surface area contributed by atoms with E-state index in [1.165, 1.54) is 19.3 Å². The lowest BCUT2D eigenvalue weighted by atomic mass is 10.0. The van der Waals surface area contributed by atoms with Crippen molar-refractivity contribution in [2.75, 3.05) is 6.54 Å². The van der Waals surface area contributed by atoms with Crippen molar-refractivity contribution in [1.29, 1.82) is 0 Å². The fraction of sp³-hybridized carbons (Fsp3) is 0.917. The molecule has 1 aliphatic rings. The third-order valence-electron chi connectivity index (χ3n) is 3.30. The van der Waals surface area contributed by atoms with Crippen molar-refractivity contribution in [1.82, 2.24) is 5.32 Å². The van der Waals surface area contributed by atoms with Crippen molar-refractivity contribution in [3.8, 4) is 0 Å². The Balaban J connectivity index is 2.11. The van der Waals surface area contributed by atoms with Crippen LogP contribution < -0.4 is 5.32 Å². The van der Waals surface area contributed by atoms with Gasteiger partial charge in [0.2, 0.25) is 5.91 Å². The summed E-state index contributed by atoms with van der Waals surface area (Å²) in [6, 6.07) is 0. The van der Waals surface area contributed by atoms with Gasteiger partial charge in [-0.3, -0.25) is 4.79 Å². The molecule has 0 saturated heterocycles. The maximum absolute atomic E-state index is 11.5. The van der Waals surface area contributed by atoms with E-state index in [1.807, 2.05) is 0 Å². The first-order chi connectivity index (χ1) is 7.11. The lowest BCUT2D eigenvalue weighted by Crippen LogP contribution is -2.29. The average Bonchev–Trinajstić information content (AvgIpc) is 2.61. The van der Waals surface area contributed by atoms with Gasteiger partial charge in [-0.25, -0.2) is 0 Å². The topological polar surface area (TPSA) is 29.1 Å². The van der Waals surface area contributed by atoms with Gasteiger partial charge in [-0.2, -0.15) is 0 Å². The van der Waals surface area contributed by atoms with Gasteiger partial charge >= 0.3 is 0 Å². The summed E-state index contributed by atoms with van der Waals surface area (Å²) in [6.45, 7) is 5.13. The molecule has 3 unspecified atom stereocenters. The van der Waals surface area contributed by atoms with Crippen LogP contribution in [0.15, 0.2) is 0 Å². The van der Waals surface area contributed by atoms with Crippen LogP contribution in [0.2, 0.25) is 0 Å². The molecule has 0 aromatic heterocycles. The number of rotatable bonds is 5. The fourth-order valence-electron chi connectivity index (χ4n) is 1.99. The Morgan fingerprint density at radius 2 is 2.27 bits per heavy atom. The van der Waals surface area contributed by atoms with Gasteiger partial charge < -0.3 is 5.32 Å². The monoisotopic (exact) mass is 275 g/mol. The molecule has 0 aromatic carbocycles. The van der Waals surface area contributed by atoms with E-state index < -0.39 is 0 Å². The molecule has 88 valence electrons. The highest BCUT2D eigenvalue weighted by molar-refractivity contribution is 9.09. The Morgan fingerprint density at radius 1 is 1.53 bits per heavy atom. The van der Waals surface area contributed by atoms with E-state index in [0.717, 1.165) is 13.0 Å². The summed E-state index contributed by atoms with van der Waals surface area (Å²) in [5, 5.41) is 3.05. The summed E-state index contributed by atoms with van der Waals surface area (Å²) in [5.74, 6) is 1.43. The van der Waals surface area contributed by atoms with Crippen molar-refractivity contribution in [3.05, 3.63) is 0 Å². The maximum Gasteiger partial charge on any atom is 0.220 e. The molecule has 1 N–H and O–H groups in total. The molecule has 0 aliphatic heterocycles. The first-order valence-corrected chi connectivity index (χ1v) is 6.94. The van der Waals surface area contributed by atoms with Crippen molar-refractivity contribution < 1.29 is 4.79 Å². The lowest BCUT2D eigenvalue weighted by molar-refractivity contribution is -0.122. The minimum Gasteiger partial charge on any atom is -0.356 e. The van der Waals surface area contributed by atoms with Gasteiger partial charge in [0.05, 0.1) is 0 Å². The van der Waals surface area contributed by atoms with Crippen LogP contribution in [-0.2, 0) is 4.79 Å². The van der Waals surface area contributed by atoms with Crippen molar-refractivity contribution in [2.45, 2.75) is 50.8 Å². The maximum atomic E-state index is 11.5. The smallest absolute Gasteiger partial charge is 0.220 e. The lowest BCUT2D eigenvalue weighted by Gasteiger charge is -2.12. The molecule has 1 fully saturated rings. The number of carbonyl (C=O) groups excluding carboxylic acids is 1. The number of amides is 1. The van der Waals surface area contributed by atoms with Gasteiger partial charge in [-0.05, 0) is 31.1 Å². The van der Waals surface area contributed by atoms with Crippen LogP contribution in [0.1, 0.15) is 46.0 Å². The molecule has 0 spiro atoms. The quantitative estimate of drug-likeness (QED) is 0.768. The Bertz CT molecular complexity index is 208. The molecule has 0 aromatic rings. The molecule has 1 saturated carbocycles. The molecule has 0 radical (unpaired) electrons. The van der Waals surface area contributed by atoms with Crippen LogP contribution in [0.25, 0.3) is 0 Å². The zero-order valence-electron chi connectivity index (χ0n) is 9.76. The van der Waals surface area contributed by atoms with Crippen LogP contribution in [0, 0.1) is 11.8 Å². The second kappa shape index (κ2) is 6.51. The van der Waals surface area contributed by atoms with Crippen LogP contribution in [0.3, 0.4) is 0 Å². The second-order valence-electron chi connectivity index (χ2n) is 4.80. The van der Waals surface area contributed by atoms with Crippen LogP contribution in [0.5, 0.6) is 0 Å². The molecule has 0 heterocycles. The average molecular weight is 276 g/mol. The van der Waals surface area contributed by atoms with Gasteiger partial charge in [-0.15, -0.1) is 0 Å². The molecule has 3 atom stereocenters. The van der Waals surface area contributed by atoms with Crippen molar-refractivity contribution >= 4 is 21.8 Å². The third-order valence-corrected chi connectivity index (χ3v) is 4.13. The van der Waals surface area contributed by atoms with Crippen LogP contribution >= 0.6 is 15.9 Å². The van der Waals surface area contributed by atoms with E-state index in [1.54, 1.807) is 0 Å². The molecular formula is C12H22BrNO. The zero-order valence-corrected chi connectivity index (χ0v) is 11.3. The highest BCUT2D eigenvalue weighted by Gasteiger charge is 2.22. The first-order valence-electron chi connectivity index (χ1n) is 6.02. The van der Waals surface area contributed by atoms with Crippen molar-refractivity contribution in [3.63, 3.8) is 0 Å². The molecule has 1 aliphatic carbocycles. The van der Waals surface area contributed by atoms with Gasteiger partial charge in [0.25, 0.3) is 0 Å². The predicted molar refractivity (Wildman–Crippen MR) is 67.1 cm³/mol. The summed E-state index contributed by atoms with van der Waals surface area (Å²) in [7, 11) is 0.